The van der Waals surface area contributed by atoms with Crippen molar-refractivity contribution in [2.24, 2.45) is 17.8 Å². The first-order valence-electron chi connectivity index (χ1n) is 6.75. The molecule has 0 spiro atoms. The monoisotopic (exact) mass is 272 g/mol. The van der Waals surface area contributed by atoms with Crippen LogP contribution in [-0.4, -0.2) is 20.2 Å². The van der Waals surface area contributed by atoms with Crippen LogP contribution < -0.4 is 4.72 Å². The van der Waals surface area contributed by atoms with E-state index < -0.39 is 10.0 Å². The summed E-state index contributed by atoms with van der Waals surface area (Å²) in [6.07, 6.45) is 4.01. The molecule has 1 unspecified atom stereocenters. The third-order valence-electron chi connectivity index (χ3n) is 3.99. The molecule has 0 aromatic carbocycles. The minimum Gasteiger partial charge on any atom is -0.215 e. The van der Waals surface area contributed by atoms with Gasteiger partial charge in [-0.05, 0) is 51.4 Å². The standard InChI is InChI=1S/C13H24N2O2S/c1-10(2)18(16,17)15-9-11(3)13-6-4-12(8-14)5-7-13/h10-13,15H,4-7,9H2,1-3H3. The predicted molar refractivity (Wildman–Crippen MR) is 72.3 cm³/mol. The molecule has 0 radical (unpaired) electrons. The Kier molecular flexibility index (Phi) is 5.61. The highest BCUT2D eigenvalue weighted by molar-refractivity contribution is 7.90. The van der Waals surface area contributed by atoms with E-state index in [9.17, 15) is 8.42 Å². The Morgan fingerprint density at radius 2 is 1.78 bits per heavy atom. The van der Waals surface area contributed by atoms with Gasteiger partial charge in [-0.2, -0.15) is 5.26 Å². The van der Waals surface area contributed by atoms with Gasteiger partial charge in [-0.3, -0.25) is 0 Å². The fraction of sp³-hybridized carbons (Fsp3) is 0.923. The molecule has 0 bridgehead atoms. The zero-order chi connectivity index (χ0) is 13.8. The average molecular weight is 272 g/mol. The number of hydrogen-bond donors (Lipinski definition) is 1. The summed E-state index contributed by atoms with van der Waals surface area (Å²) in [5.41, 5.74) is 0. The van der Waals surface area contributed by atoms with Crippen LogP contribution in [-0.2, 0) is 10.0 Å². The molecule has 4 nitrogen and oxygen atoms in total. The lowest BCUT2D eigenvalue weighted by atomic mass is 9.77. The van der Waals surface area contributed by atoms with E-state index in [0.29, 0.717) is 18.4 Å². The van der Waals surface area contributed by atoms with Crippen molar-refractivity contribution in [1.82, 2.24) is 4.72 Å². The molecule has 18 heavy (non-hydrogen) atoms. The Hall–Kier alpha value is -0.600. The minimum atomic E-state index is -3.15. The van der Waals surface area contributed by atoms with Gasteiger partial charge in [0, 0.05) is 12.5 Å². The van der Waals surface area contributed by atoms with Crippen LogP contribution in [0.25, 0.3) is 0 Å². The van der Waals surface area contributed by atoms with Gasteiger partial charge < -0.3 is 0 Å². The Balaban J connectivity index is 2.39. The number of nitriles is 1. The van der Waals surface area contributed by atoms with Gasteiger partial charge in [-0.15, -0.1) is 0 Å². The first-order chi connectivity index (χ1) is 8.36. The molecule has 1 fully saturated rings. The van der Waals surface area contributed by atoms with Crippen molar-refractivity contribution in [2.75, 3.05) is 6.54 Å². The van der Waals surface area contributed by atoms with Gasteiger partial charge in [0.2, 0.25) is 10.0 Å². The third kappa shape index (κ3) is 4.25. The van der Waals surface area contributed by atoms with E-state index >= 15 is 0 Å². The van der Waals surface area contributed by atoms with Crippen LogP contribution in [0.4, 0.5) is 0 Å². The molecule has 0 aromatic rings. The second-order valence-electron chi connectivity index (χ2n) is 5.66. The van der Waals surface area contributed by atoms with Crippen molar-refractivity contribution in [3.8, 4) is 6.07 Å². The fourth-order valence-corrected chi connectivity index (χ4v) is 3.23. The van der Waals surface area contributed by atoms with Crippen molar-refractivity contribution in [3.63, 3.8) is 0 Å². The summed E-state index contributed by atoms with van der Waals surface area (Å²) in [5, 5.41) is 8.47. The zero-order valence-electron chi connectivity index (χ0n) is 11.5. The molecular formula is C13H24N2O2S. The number of nitrogens with one attached hydrogen (secondary N) is 1. The van der Waals surface area contributed by atoms with Gasteiger partial charge in [0.1, 0.15) is 0 Å². The fourth-order valence-electron chi connectivity index (χ4n) is 2.40. The zero-order valence-corrected chi connectivity index (χ0v) is 12.3. The summed E-state index contributed by atoms with van der Waals surface area (Å²) in [4.78, 5) is 0. The highest BCUT2D eigenvalue weighted by Gasteiger charge is 2.26. The molecule has 0 aliphatic heterocycles. The Labute approximate surface area is 111 Å². The van der Waals surface area contributed by atoms with Crippen LogP contribution in [0, 0.1) is 29.1 Å². The lowest BCUT2D eigenvalue weighted by Gasteiger charge is -2.30. The topological polar surface area (TPSA) is 70.0 Å². The van der Waals surface area contributed by atoms with E-state index in [1.165, 1.54) is 0 Å². The second kappa shape index (κ2) is 6.53. The molecule has 1 saturated carbocycles. The Morgan fingerprint density at radius 3 is 2.22 bits per heavy atom. The van der Waals surface area contributed by atoms with Crippen molar-refractivity contribution in [3.05, 3.63) is 0 Å². The van der Waals surface area contributed by atoms with Crippen molar-refractivity contribution in [2.45, 2.75) is 51.7 Å². The molecule has 1 rings (SSSR count). The van der Waals surface area contributed by atoms with E-state index in [0.717, 1.165) is 25.7 Å². The van der Waals surface area contributed by atoms with E-state index in [4.69, 9.17) is 5.26 Å². The highest BCUT2D eigenvalue weighted by atomic mass is 32.2. The molecule has 1 atom stereocenters. The first-order valence-corrected chi connectivity index (χ1v) is 8.29. The van der Waals surface area contributed by atoms with Crippen molar-refractivity contribution < 1.29 is 8.42 Å². The number of nitrogens with zero attached hydrogens (tertiary/aromatic N) is 1. The summed E-state index contributed by atoms with van der Waals surface area (Å²) >= 11 is 0. The quantitative estimate of drug-likeness (QED) is 0.834. The van der Waals surface area contributed by atoms with E-state index in [1.54, 1.807) is 13.8 Å². The number of sulfonamides is 1. The van der Waals surface area contributed by atoms with E-state index in [-0.39, 0.29) is 11.2 Å². The smallest absolute Gasteiger partial charge is 0.213 e. The highest BCUT2D eigenvalue weighted by Crippen LogP contribution is 2.32. The lowest BCUT2D eigenvalue weighted by molar-refractivity contribution is 0.239. The summed E-state index contributed by atoms with van der Waals surface area (Å²) < 4.78 is 26.0. The molecular weight excluding hydrogens is 248 g/mol. The maximum Gasteiger partial charge on any atom is 0.213 e. The summed E-state index contributed by atoms with van der Waals surface area (Å²) in [7, 11) is -3.15. The van der Waals surface area contributed by atoms with Gasteiger partial charge in [0.25, 0.3) is 0 Å². The molecule has 0 saturated heterocycles. The first kappa shape index (κ1) is 15.5. The van der Waals surface area contributed by atoms with Gasteiger partial charge >= 0.3 is 0 Å². The molecule has 0 heterocycles. The Morgan fingerprint density at radius 1 is 1.22 bits per heavy atom. The molecule has 1 aliphatic carbocycles. The van der Waals surface area contributed by atoms with Crippen LogP contribution in [0.1, 0.15) is 46.5 Å². The average Bonchev–Trinajstić information content (AvgIpc) is 2.36. The maximum absolute atomic E-state index is 11.7. The van der Waals surface area contributed by atoms with Crippen molar-refractivity contribution in [1.29, 1.82) is 5.26 Å². The SMILES string of the molecule is CC(CNS(=O)(=O)C(C)C)C1CCC(C#N)CC1. The normalized spacial score (nSPS) is 26.8. The number of hydrogen-bond acceptors (Lipinski definition) is 3. The predicted octanol–water partition coefficient (Wildman–Crippen LogP) is 2.28. The van der Waals surface area contributed by atoms with Crippen LogP contribution in [0.5, 0.6) is 0 Å². The minimum absolute atomic E-state index is 0.209. The number of rotatable bonds is 5. The third-order valence-corrected chi connectivity index (χ3v) is 5.80. The summed E-state index contributed by atoms with van der Waals surface area (Å²) in [6, 6.07) is 2.32. The van der Waals surface area contributed by atoms with Gasteiger partial charge in [0.15, 0.2) is 0 Å². The second-order valence-corrected chi connectivity index (χ2v) is 7.98. The summed E-state index contributed by atoms with van der Waals surface area (Å²) in [6.45, 7) is 5.98. The Bertz CT molecular complexity index is 390. The van der Waals surface area contributed by atoms with Gasteiger partial charge in [-0.1, -0.05) is 6.92 Å². The molecule has 0 amide bonds. The molecule has 0 aromatic heterocycles. The maximum atomic E-state index is 11.7. The van der Waals surface area contributed by atoms with E-state index in [1.807, 2.05) is 0 Å². The van der Waals surface area contributed by atoms with Crippen LogP contribution in [0.15, 0.2) is 0 Å². The molecule has 104 valence electrons. The molecule has 1 N–H and O–H groups in total. The van der Waals surface area contributed by atoms with E-state index in [2.05, 4.69) is 17.7 Å². The van der Waals surface area contributed by atoms with Gasteiger partial charge in [-0.25, -0.2) is 13.1 Å². The summed E-state index contributed by atoms with van der Waals surface area (Å²) in [5.74, 6) is 1.10. The van der Waals surface area contributed by atoms with Gasteiger partial charge in [0.05, 0.1) is 11.3 Å². The van der Waals surface area contributed by atoms with Crippen LogP contribution in [0.2, 0.25) is 0 Å². The van der Waals surface area contributed by atoms with Crippen molar-refractivity contribution >= 4 is 10.0 Å². The largest absolute Gasteiger partial charge is 0.215 e. The lowest BCUT2D eigenvalue weighted by Crippen LogP contribution is -2.36. The molecule has 1 aliphatic rings. The van der Waals surface area contributed by atoms with Crippen LogP contribution >= 0.6 is 0 Å². The molecule has 5 heteroatoms. The van der Waals surface area contributed by atoms with Crippen LogP contribution in [0.3, 0.4) is 0 Å².